The second-order valence-corrected chi connectivity index (χ2v) is 5.21. The molecule has 1 aromatic heterocycles. The van der Waals surface area contributed by atoms with Crippen LogP contribution in [0.5, 0.6) is 0 Å². The van der Waals surface area contributed by atoms with Gasteiger partial charge in [0, 0.05) is 38.9 Å². The molecule has 1 N–H and O–H groups in total. The largest absolute Gasteiger partial charge is 0.380 e. The zero-order chi connectivity index (χ0) is 13.8. The molecule has 0 aromatic carbocycles. The monoisotopic (exact) mass is 278 g/mol. The summed E-state index contributed by atoms with van der Waals surface area (Å²) in [7, 11) is 0. The Bertz CT molecular complexity index is 441. The van der Waals surface area contributed by atoms with Gasteiger partial charge in [0.2, 0.25) is 0 Å². The number of anilines is 1. The molecule has 0 amide bonds. The van der Waals surface area contributed by atoms with Gasteiger partial charge in [-0.3, -0.25) is 0 Å². The van der Waals surface area contributed by atoms with Crippen molar-refractivity contribution in [1.82, 2.24) is 15.3 Å². The predicted octanol–water partition coefficient (Wildman–Crippen LogP) is 0.673. The standard InChI is InChI=1S/C14H22N4O2/c1-11-16-12(13-10-15-3-7-20-13)9-14(17-11)18-4-2-6-19-8-5-18/h9,13,15H,2-8,10H2,1H3/t13-/m1/s1. The Hall–Kier alpha value is -1.24. The van der Waals surface area contributed by atoms with Gasteiger partial charge < -0.3 is 19.7 Å². The topological polar surface area (TPSA) is 59.5 Å². The van der Waals surface area contributed by atoms with E-state index in [-0.39, 0.29) is 6.10 Å². The minimum absolute atomic E-state index is 0.0347. The highest BCUT2D eigenvalue weighted by Crippen LogP contribution is 2.22. The molecule has 110 valence electrons. The molecule has 2 aliphatic rings. The number of hydrogen-bond donors (Lipinski definition) is 1. The quantitative estimate of drug-likeness (QED) is 0.858. The van der Waals surface area contributed by atoms with E-state index in [1.165, 1.54) is 0 Å². The highest BCUT2D eigenvalue weighted by molar-refractivity contribution is 5.40. The summed E-state index contributed by atoms with van der Waals surface area (Å²) in [5.74, 6) is 1.80. The number of ether oxygens (including phenoxy) is 2. The second kappa shape index (κ2) is 6.47. The molecular formula is C14H22N4O2. The average Bonchev–Trinajstić information content (AvgIpc) is 2.77. The zero-order valence-electron chi connectivity index (χ0n) is 12.0. The van der Waals surface area contributed by atoms with E-state index in [1.54, 1.807) is 0 Å². The fourth-order valence-electron chi connectivity index (χ4n) is 2.63. The van der Waals surface area contributed by atoms with Crippen molar-refractivity contribution in [2.45, 2.75) is 19.4 Å². The molecule has 2 aliphatic heterocycles. The van der Waals surface area contributed by atoms with Gasteiger partial charge in [-0.25, -0.2) is 9.97 Å². The van der Waals surface area contributed by atoms with E-state index in [1.807, 2.05) is 6.92 Å². The Labute approximate surface area is 119 Å². The van der Waals surface area contributed by atoms with Crippen LogP contribution in [-0.2, 0) is 9.47 Å². The summed E-state index contributed by atoms with van der Waals surface area (Å²) < 4.78 is 11.3. The fraction of sp³-hybridized carbons (Fsp3) is 0.714. The van der Waals surface area contributed by atoms with Crippen molar-refractivity contribution >= 4 is 5.82 Å². The number of nitrogens with zero attached hydrogens (tertiary/aromatic N) is 3. The summed E-state index contributed by atoms with van der Waals surface area (Å²) in [4.78, 5) is 11.4. The van der Waals surface area contributed by atoms with Crippen molar-refractivity contribution in [2.24, 2.45) is 0 Å². The van der Waals surface area contributed by atoms with Crippen LogP contribution in [0.2, 0.25) is 0 Å². The first-order valence-electron chi connectivity index (χ1n) is 7.33. The molecule has 2 fully saturated rings. The first-order chi connectivity index (χ1) is 9.83. The lowest BCUT2D eigenvalue weighted by molar-refractivity contribution is 0.0249. The molecule has 3 rings (SSSR count). The molecule has 0 radical (unpaired) electrons. The lowest BCUT2D eigenvalue weighted by Gasteiger charge is -2.26. The van der Waals surface area contributed by atoms with Crippen LogP contribution in [0.3, 0.4) is 0 Å². The maximum Gasteiger partial charge on any atom is 0.132 e. The van der Waals surface area contributed by atoms with Gasteiger partial charge >= 0.3 is 0 Å². The number of aromatic nitrogens is 2. The molecular weight excluding hydrogens is 256 g/mol. The van der Waals surface area contributed by atoms with E-state index in [4.69, 9.17) is 9.47 Å². The Morgan fingerprint density at radius 1 is 1.25 bits per heavy atom. The maximum absolute atomic E-state index is 5.79. The van der Waals surface area contributed by atoms with Crippen molar-refractivity contribution in [3.63, 3.8) is 0 Å². The van der Waals surface area contributed by atoms with Crippen LogP contribution in [0.25, 0.3) is 0 Å². The number of nitrogens with one attached hydrogen (secondary N) is 1. The minimum atomic E-state index is 0.0347. The first kappa shape index (κ1) is 13.7. The van der Waals surface area contributed by atoms with Gasteiger partial charge in [-0.05, 0) is 13.3 Å². The molecule has 0 spiro atoms. The predicted molar refractivity (Wildman–Crippen MR) is 76.0 cm³/mol. The third-order valence-corrected chi connectivity index (χ3v) is 3.65. The van der Waals surface area contributed by atoms with Crippen LogP contribution in [0, 0.1) is 6.92 Å². The fourth-order valence-corrected chi connectivity index (χ4v) is 2.63. The van der Waals surface area contributed by atoms with Gasteiger partial charge in [-0.1, -0.05) is 0 Å². The van der Waals surface area contributed by atoms with E-state index >= 15 is 0 Å². The smallest absolute Gasteiger partial charge is 0.132 e. The normalized spacial score (nSPS) is 24.4. The first-order valence-corrected chi connectivity index (χ1v) is 7.33. The Morgan fingerprint density at radius 2 is 2.20 bits per heavy atom. The summed E-state index contributed by atoms with van der Waals surface area (Å²) in [6.07, 6.45) is 1.08. The van der Waals surface area contributed by atoms with Crippen LogP contribution < -0.4 is 10.2 Å². The molecule has 0 aliphatic carbocycles. The van der Waals surface area contributed by atoms with Gasteiger partial charge in [-0.2, -0.15) is 0 Å². The molecule has 6 heteroatoms. The molecule has 6 nitrogen and oxygen atoms in total. The molecule has 1 aromatic rings. The molecule has 0 saturated carbocycles. The summed E-state index contributed by atoms with van der Waals surface area (Å²) in [5, 5.41) is 3.34. The van der Waals surface area contributed by atoms with Gasteiger partial charge in [0.1, 0.15) is 17.7 Å². The number of morpholine rings is 1. The van der Waals surface area contributed by atoms with Gasteiger partial charge in [-0.15, -0.1) is 0 Å². The van der Waals surface area contributed by atoms with Crippen LogP contribution in [0.4, 0.5) is 5.82 Å². The third-order valence-electron chi connectivity index (χ3n) is 3.65. The molecule has 2 saturated heterocycles. The van der Waals surface area contributed by atoms with Crippen molar-refractivity contribution in [1.29, 1.82) is 0 Å². The van der Waals surface area contributed by atoms with Crippen molar-refractivity contribution in [3.05, 3.63) is 17.6 Å². The van der Waals surface area contributed by atoms with Gasteiger partial charge in [0.05, 0.1) is 18.9 Å². The summed E-state index contributed by atoms with van der Waals surface area (Å²) in [6.45, 7) is 7.89. The molecule has 3 heterocycles. The zero-order valence-corrected chi connectivity index (χ0v) is 12.0. The third kappa shape index (κ3) is 3.26. The SMILES string of the molecule is Cc1nc([C@H]2CNCCO2)cc(N2CCCOCC2)n1. The number of hydrogen-bond acceptors (Lipinski definition) is 6. The van der Waals surface area contributed by atoms with Gasteiger partial charge in [0.15, 0.2) is 0 Å². The summed E-state index contributed by atoms with van der Waals surface area (Å²) in [6, 6.07) is 2.07. The van der Waals surface area contributed by atoms with Crippen molar-refractivity contribution in [2.75, 3.05) is 50.9 Å². The van der Waals surface area contributed by atoms with Crippen LogP contribution in [0.15, 0.2) is 6.07 Å². The van der Waals surface area contributed by atoms with Crippen molar-refractivity contribution in [3.8, 4) is 0 Å². The van der Waals surface area contributed by atoms with Crippen LogP contribution in [0.1, 0.15) is 24.0 Å². The van der Waals surface area contributed by atoms with Crippen LogP contribution >= 0.6 is 0 Å². The molecule has 0 unspecified atom stereocenters. The number of rotatable bonds is 2. The lowest BCUT2D eigenvalue weighted by atomic mass is 10.2. The highest BCUT2D eigenvalue weighted by atomic mass is 16.5. The van der Waals surface area contributed by atoms with E-state index in [0.717, 1.165) is 69.8 Å². The molecule has 0 bridgehead atoms. The van der Waals surface area contributed by atoms with E-state index in [0.29, 0.717) is 0 Å². The Balaban J connectivity index is 1.81. The summed E-state index contributed by atoms with van der Waals surface area (Å²) in [5.41, 5.74) is 0.977. The number of aryl methyl sites for hydroxylation is 1. The minimum Gasteiger partial charge on any atom is -0.380 e. The van der Waals surface area contributed by atoms with Crippen LogP contribution in [-0.4, -0.2) is 56.0 Å². The second-order valence-electron chi connectivity index (χ2n) is 5.21. The average molecular weight is 278 g/mol. The van der Waals surface area contributed by atoms with Crippen molar-refractivity contribution < 1.29 is 9.47 Å². The Morgan fingerprint density at radius 3 is 3.05 bits per heavy atom. The Kier molecular flexibility index (Phi) is 4.44. The molecule has 20 heavy (non-hydrogen) atoms. The lowest BCUT2D eigenvalue weighted by Crippen LogP contribution is -2.34. The summed E-state index contributed by atoms with van der Waals surface area (Å²) >= 11 is 0. The van der Waals surface area contributed by atoms with Gasteiger partial charge in [0.25, 0.3) is 0 Å². The highest BCUT2D eigenvalue weighted by Gasteiger charge is 2.20. The van der Waals surface area contributed by atoms with E-state index < -0.39 is 0 Å². The maximum atomic E-state index is 5.79. The van der Waals surface area contributed by atoms with E-state index in [2.05, 4.69) is 26.3 Å². The van der Waals surface area contributed by atoms with E-state index in [9.17, 15) is 0 Å². The molecule has 1 atom stereocenters.